The number of hydrogen-bond donors (Lipinski definition) is 0. The number of anilines is 1. The molecule has 2 heterocycles. The molecule has 2 aromatic rings. The van der Waals surface area contributed by atoms with Crippen LogP contribution < -0.4 is 9.64 Å². The van der Waals surface area contributed by atoms with Gasteiger partial charge in [-0.2, -0.15) is 0 Å². The van der Waals surface area contributed by atoms with Crippen LogP contribution in [0.25, 0.3) is 0 Å². The lowest BCUT2D eigenvalue weighted by atomic mass is 9.64. The third-order valence-corrected chi connectivity index (χ3v) is 5.51. The van der Waals surface area contributed by atoms with Crippen LogP contribution in [0.3, 0.4) is 0 Å². The Labute approximate surface area is 147 Å². The van der Waals surface area contributed by atoms with Crippen molar-refractivity contribution in [3.8, 4) is 5.75 Å². The van der Waals surface area contributed by atoms with E-state index < -0.39 is 0 Å². The minimum Gasteiger partial charge on any atom is -0.497 e. The van der Waals surface area contributed by atoms with Gasteiger partial charge in [-0.25, -0.2) is 4.98 Å². The number of nitrogens with zero attached hydrogens (tertiary/aromatic N) is 2. The van der Waals surface area contributed by atoms with E-state index >= 15 is 0 Å². The highest BCUT2D eigenvalue weighted by atomic mass is 35.5. The maximum absolute atomic E-state index is 6.22. The van der Waals surface area contributed by atoms with E-state index in [4.69, 9.17) is 21.1 Å². The number of fused-ring (bicyclic) bond motifs is 2. The number of methoxy groups -OCH3 is 2. The number of aromatic nitrogens is 1. The molecule has 0 N–H and O–H groups in total. The number of benzene rings is 1. The highest BCUT2D eigenvalue weighted by molar-refractivity contribution is 6.30. The Morgan fingerprint density at radius 3 is 2.67 bits per heavy atom. The maximum atomic E-state index is 6.22. The molecule has 1 spiro atoms. The normalized spacial score (nSPS) is 24.8. The summed E-state index contributed by atoms with van der Waals surface area (Å²) in [7, 11) is 3.48. The van der Waals surface area contributed by atoms with Gasteiger partial charge < -0.3 is 14.4 Å². The van der Waals surface area contributed by atoms with E-state index in [1.165, 1.54) is 11.1 Å². The number of ether oxygens (including phenoxy) is 2. The smallest absolute Gasteiger partial charge is 0.132 e. The first-order chi connectivity index (χ1) is 11.6. The summed E-state index contributed by atoms with van der Waals surface area (Å²) in [6, 6.07) is 10.3. The molecule has 0 atom stereocenters. The van der Waals surface area contributed by atoms with Crippen molar-refractivity contribution >= 4 is 17.4 Å². The van der Waals surface area contributed by atoms with Crippen molar-refractivity contribution in [1.29, 1.82) is 0 Å². The fourth-order valence-corrected chi connectivity index (χ4v) is 4.17. The van der Waals surface area contributed by atoms with Crippen LogP contribution >= 0.6 is 11.6 Å². The summed E-state index contributed by atoms with van der Waals surface area (Å²) in [5.41, 5.74) is 2.66. The highest BCUT2D eigenvalue weighted by Crippen LogP contribution is 2.53. The van der Waals surface area contributed by atoms with Crippen LogP contribution in [0.4, 0.5) is 5.82 Å². The van der Waals surface area contributed by atoms with Gasteiger partial charge in [-0.1, -0.05) is 23.7 Å². The molecule has 0 saturated heterocycles. The molecule has 0 unspecified atom stereocenters. The van der Waals surface area contributed by atoms with Gasteiger partial charge in [0.1, 0.15) is 11.6 Å². The van der Waals surface area contributed by atoms with Crippen LogP contribution in [0.5, 0.6) is 5.75 Å². The van der Waals surface area contributed by atoms with Crippen molar-refractivity contribution in [3.63, 3.8) is 0 Å². The molecule has 1 aromatic carbocycles. The third-order valence-electron chi connectivity index (χ3n) is 5.30. The number of hydrogen-bond acceptors (Lipinski definition) is 4. The fraction of sp³-hybridized carbons (Fsp3) is 0.421. The van der Waals surface area contributed by atoms with Crippen molar-refractivity contribution in [2.45, 2.75) is 30.9 Å². The Bertz CT molecular complexity index is 742. The topological polar surface area (TPSA) is 34.6 Å². The summed E-state index contributed by atoms with van der Waals surface area (Å²) in [5, 5.41) is 0.709. The van der Waals surface area contributed by atoms with Crippen LogP contribution in [0.15, 0.2) is 36.5 Å². The molecule has 2 aliphatic rings. The fourth-order valence-electron chi connectivity index (χ4n) is 4.01. The Balaban J connectivity index is 1.61. The van der Waals surface area contributed by atoms with Gasteiger partial charge in [-0.15, -0.1) is 0 Å². The predicted octanol–water partition coefficient (Wildman–Crippen LogP) is 3.81. The second kappa shape index (κ2) is 5.94. The molecule has 0 radical (unpaired) electrons. The summed E-state index contributed by atoms with van der Waals surface area (Å²) >= 11 is 6.22. The second-order valence-electron chi connectivity index (χ2n) is 6.78. The summed E-state index contributed by atoms with van der Waals surface area (Å²) in [5.74, 6) is 1.94. The van der Waals surface area contributed by atoms with Crippen molar-refractivity contribution in [1.82, 2.24) is 4.98 Å². The molecular formula is C19H21ClN2O2. The van der Waals surface area contributed by atoms with Crippen LogP contribution in [-0.2, 0) is 16.7 Å². The van der Waals surface area contributed by atoms with E-state index in [0.29, 0.717) is 11.1 Å². The maximum Gasteiger partial charge on any atom is 0.132 e. The van der Waals surface area contributed by atoms with Gasteiger partial charge in [0.05, 0.1) is 18.2 Å². The zero-order chi connectivity index (χ0) is 16.7. The standard InChI is InChI=1S/C19H21ClN2O2/c1-23-15-5-3-13(4-6-15)11-22-12-19(8-16(9-19)24-2)17-7-14(20)10-21-18(17)22/h3-7,10,16H,8-9,11-12H2,1-2H3. The average Bonchev–Trinajstić information content (AvgIpc) is 2.88. The Kier molecular flexibility index (Phi) is 3.89. The minimum absolute atomic E-state index is 0.139. The minimum atomic E-state index is 0.139. The van der Waals surface area contributed by atoms with Crippen LogP contribution in [0.1, 0.15) is 24.0 Å². The second-order valence-corrected chi connectivity index (χ2v) is 7.21. The lowest BCUT2D eigenvalue weighted by molar-refractivity contribution is -0.0123. The number of pyridine rings is 1. The molecule has 4 nitrogen and oxygen atoms in total. The van der Waals surface area contributed by atoms with Gasteiger partial charge in [-0.05, 0) is 36.6 Å². The molecule has 126 valence electrons. The van der Waals surface area contributed by atoms with Gasteiger partial charge in [0.15, 0.2) is 0 Å². The SMILES string of the molecule is COc1ccc(CN2CC3(CC(OC)C3)c3cc(Cl)cnc32)cc1. The molecular weight excluding hydrogens is 324 g/mol. The molecule has 1 aromatic heterocycles. The molecule has 1 fully saturated rings. The molecule has 1 aliphatic heterocycles. The molecule has 24 heavy (non-hydrogen) atoms. The van der Waals surface area contributed by atoms with Crippen molar-refractivity contribution in [2.24, 2.45) is 0 Å². The Morgan fingerprint density at radius 2 is 2.00 bits per heavy atom. The quantitative estimate of drug-likeness (QED) is 0.844. The summed E-state index contributed by atoms with van der Waals surface area (Å²) in [6.45, 7) is 1.81. The van der Waals surface area contributed by atoms with Crippen molar-refractivity contribution < 1.29 is 9.47 Å². The molecule has 1 saturated carbocycles. The first-order valence-electron chi connectivity index (χ1n) is 8.20. The number of halogens is 1. The molecule has 0 amide bonds. The highest BCUT2D eigenvalue weighted by Gasteiger charge is 2.52. The Morgan fingerprint density at radius 1 is 1.25 bits per heavy atom. The van der Waals surface area contributed by atoms with Gasteiger partial charge in [0.25, 0.3) is 0 Å². The molecule has 1 aliphatic carbocycles. The van der Waals surface area contributed by atoms with Crippen molar-refractivity contribution in [3.05, 3.63) is 52.7 Å². The molecule has 0 bridgehead atoms. The average molecular weight is 345 g/mol. The van der Waals surface area contributed by atoms with Crippen LogP contribution in [-0.4, -0.2) is 31.9 Å². The first kappa shape index (κ1) is 15.7. The van der Waals surface area contributed by atoms with Gasteiger partial charge in [-0.3, -0.25) is 0 Å². The van der Waals surface area contributed by atoms with Gasteiger partial charge in [0.2, 0.25) is 0 Å². The van der Waals surface area contributed by atoms with Gasteiger partial charge >= 0.3 is 0 Å². The monoisotopic (exact) mass is 344 g/mol. The summed E-state index contributed by atoms with van der Waals surface area (Å²) < 4.78 is 10.7. The van der Waals surface area contributed by atoms with E-state index in [9.17, 15) is 0 Å². The van der Waals surface area contributed by atoms with Crippen LogP contribution in [0.2, 0.25) is 5.02 Å². The zero-order valence-corrected chi connectivity index (χ0v) is 14.7. The van der Waals surface area contributed by atoms with E-state index in [1.54, 1.807) is 20.4 Å². The van der Waals surface area contributed by atoms with E-state index in [-0.39, 0.29) is 5.41 Å². The molecule has 5 heteroatoms. The summed E-state index contributed by atoms with van der Waals surface area (Å²) in [4.78, 5) is 6.99. The Hall–Kier alpha value is -1.78. The first-order valence-corrected chi connectivity index (χ1v) is 8.58. The van der Waals surface area contributed by atoms with Crippen LogP contribution in [0, 0.1) is 0 Å². The predicted molar refractivity (Wildman–Crippen MR) is 95.0 cm³/mol. The number of rotatable bonds is 4. The van der Waals surface area contributed by atoms with E-state index in [1.807, 2.05) is 12.1 Å². The largest absolute Gasteiger partial charge is 0.497 e. The summed E-state index contributed by atoms with van der Waals surface area (Å²) in [6.07, 6.45) is 4.17. The van der Waals surface area contributed by atoms with Crippen molar-refractivity contribution in [2.75, 3.05) is 25.7 Å². The lowest BCUT2D eigenvalue weighted by Crippen LogP contribution is -2.48. The van der Waals surface area contributed by atoms with E-state index in [0.717, 1.165) is 37.5 Å². The lowest BCUT2D eigenvalue weighted by Gasteiger charge is -2.44. The van der Waals surface area contributed by atoms with Gasteiger partial charge in [0, 0.05) is 37.4 Å². The van der Waals surface area contributed by atoms with E-state index in [2.05, 4.69) is 28.1 Å². The third kappa shape index (κ3) is 2.54. The molecule has 4 rings (SSSR count). The zero-order valence-electron chi connectivity index (χ0n) is 14.0.